The number of nitrogens with zero attached hydrogens (tertiary/aromatic N) is 1. The van der Waals surface area contributed by atoms with Gasteiger partial charge in [0.2, 0.25) is 10.0 Å². The first kappa shape index (κ1) is 16.6. The van der Waals surface area contributed by atoms with Crippen LogP contribution in [0.3, 0.4) is 0 Å². The molecule has 1 amide bonds. The zero-order valence-electron chi connectivity index (χ0n) is 12.0. The number of sulfonamides is 1. The van der Waals surface area contributed by atoms with E-state index in [2.05, 4.69) is 15.5 Å². The number of rotatable bonds is 6. The number of carbonyl (C=O) groups excluding carboxylic acids is 1. The molecular formula is C11H20N4O4S. The van der Waals surface area contributed by atoms with Crippen molar-refractivity contribution in [2.45, 2.75) is 38.2 Å². The maximum absolute atomic E-state index is 12.0. The Morgan fingerprint density at radius 2 is 2.10 bits per heavy atom. The van der Waals surface area contributed by atoms with Crippen molar-refractivity contribution in [1.29, 1.82) is 0 Å². The van der Waals surface area contributed by atoms with Gasteiger partial charge in [0.05, 0.1) is 11.3 Å². The maximum Gasteiger partial charge on any atom is 0.273 e. The lowest BCUT2D eigenvalue weighted by molar-refractivity contribution is -0.00820. The number of ether oxygens (including phenoxy) is 1. The molecule has 1 rings (SSSR count). The minimum absolute atomic E-state index is 0.218. The standard InChI is InChI=1S/C11H20N4O4S/c1-5-19-11(3,4)6-13-10(16)8-9(20(12,17)18)7(2)14-15-8/h5-6H2,1-4H3,(H,13,16)(H,14,15)(H2,12,17,18). The number of nitrogens with two attached hydrogens (primary N) is 1. The molecule has 114 valence electrons. The highest BCUT2D eigenvalue weighted by Gasteiger charge is 2.27. The van der Waals surface area contributed by atoms with Gasteiger partial charge >= 0.3 is 0 Å². The summed E-state index contributed by atoms with van der Waals surface area (Å²) in [6.07, 6.45) is 0. The van der Waals surface area contributed by atoms with Crippen molar-refractivity contribution in [3.8, 4) is 0 Å². The Kier molecular flexibility index (Phi) is 4.90. The second kappa shape index (κ2) is 5.90. The van der Waals surface area contributed by atoms with E-state index in [4.69, 9.17) is 9.88 Å². The lowest BCUT2D eigenvalue weighted by atomic mass is 10.1. The Hall–Kier alpha value is -1.45. The van der Waals surface area contributed by atoms with Gasteiger partial charge in [-0.3, -0.25) is 9.89 Å². The van der Waals surface area contributed by atoms with E-state index in [0.717, 1.165) is 0 Å². The summed E-state index contributed by atoms with van der Waals surface area (Å²) in [4.78, 5) is 11.7. The van der Waals surface area contributed by atoms with Crippen LogP contribution in [0.25, 0.3) is 0 Å². The van der Waals surface area contributed by atoms with Gasteiger partial charge in [-0.2, -0.15) is 5.10 Å². The van der Waals surface area contributed by atoms with Crippen molar-refractivity contribution < 1.29 is 17.9 Å². The summed E-state index contributed by atoms with van der Waals surface area (Å²) < 4.78 is 28.3. The molecule has 0 aliphatic carbocycles. The monoisotopic (exact) mass is 304 g/mol. The number of aryl methyl sites for hydroxylation is 1. The van der Waals surface area contributed by atoms with Crippen molar-refractivity contribution in [2.75, 3.05) is 13.2 Å². The summed E-state index contributed by atoms with van der Waals surface area (Å²) in [5.74, 6) is -0.619. The normalized spacial score (nSPS) is 12.4. The van der Waals surface area contributed by atoms with Crippen molar-refractivity contribution in [3.05, 3.63) is 11.4 Å². The first-order chi connectivity index (χ1) is 9.08. The van der Waals surface area contributed by atoms with Crippen LogP contribution in [0, 0.1) is 6.92 Å². The molecule has 0 aromatic carbocycles. The zero-order chi connectivity index (χ0) is 15.6. The van der Waals surface area contributed by atoms with E-state index in [-0.39, 0.29) is 22.8 Å². The van der Waals surface area contributed by atoms with E-state index in [1.165, 1.54) is 6.92 Å². The molecule has 0 saturated carbocycles. The molecule has 1 aromatic rings. The minimum Gasteiger partial charge on any atom is -0.374 e. The largest absolute Gasteiger partial charge is 0.374 e. The predicted molar refractivity (Wildman–Crippen MR) is 72.7 cm³/mol. The highest BCUT2D eigenvalue weighted by molar-refractivity contribution is 7.89. The molecule has 0 bridgehead atoms. The van der Waals surface area contributed by atoms with E-state index in [1.54, 1.807) is 0 Å². The third-order valence-corrected chi connectivity index (χ3v) is 3.67. The molecule has 8 nitrogen and oxygen atoms in total. The Labute approximate surface area is 118 Å². The lowest BCUT2D eigenvalue weighted by Gasteiger charge is -2.24. The predicted octanol–water partition coefficient (Wildman–Crippen LogP) is -0.0896. The minimum atomic E-state index is -4.02. The molecule has 0 aliphatic heterocycles. The smallest absolute Gasteiger partial charge is 0.273 e. The molecular weight excluding hydrogens is 284 g/mol. The van der Waals surface area contributed by atoms with Gasteiger partial charge in [0, 0.05) is 13.2 Å². The summed E-state index contributed by atoms with van der Waals surface area (Å²) in [6, 6.07) is 0. The second-order valence-electron chi connectivity index (χ2n) is 4.95. The van der Waals surface area contributed by atoms with Crippen LogP contribution in [0.4, 0.5) is 0 Å². The fraction of sp³-hybridized carbons (Fsp3) is 0.636. The van der Waals surface area contributed by atoms with Gasteiger partial charge in [-0.15, -0.1) is 0 Å². The number of H-pyrrole nitrogens is 1. The van der Waals surface area contributed by atoms with Gasteiger partial charge in [-0.05, 0) is 27.7 Å². The van der Waals surface area contributed by atoms with Crippen LogP contribution in [0.1, 0.15) is 37.0 Å². The molecule has 0 aliphatic rings. The van der Waals surface area contributed by atoms with E-state index in [9.17, 15) is 13.2 Å². The maximum atomic E-state index is 12.0. The molecule has 1 heterocycles. The van der Waals surface area contributed by atoms with Crippen molar-refractivity contribution in [2.24, 2.45) is 5.14 Å². The average Bonchev–Trinajstić information content (AvgIpc) is 2.68. The Bertz CT molecular complexity index is 592. The summed E-state index contributed by atoms with van der Waals surface area (Å²) >= 11 is 0. The molecule has 1 aromatic heterocycles. The molecule has 0 unspecified atom stereocenters. The number of nitrogens with one attached hydrogen (secondary N) is 2. The SMILES string of the molecule is CCOC(C)(C)CNC(=O)c1n[nH]c(C)c1S(N)(=O)=O. The van der Waals surface area contributed by atoms with Crippen LogP contribution in [-0.4, -0.2) is 43.3 Å². The first-order valence-corrected chi connectivity index (χ1v) is 7.63. The Morgan fingerprint density at radius 3 is 2.60 bits per heavy atom. The topological polar surface area (TPSA) is 127 Å². The van der Waals surface area contributed by atoms with Crippen LogP contribution in [0.5, 0.6) is 0 Å². The van der Waals surface area contributed by atoms with E-state index < -0.39 is 21.5 Å². The number of hydrogen-bond donors (Lipinski definition) is 3. The number of aromatic amines is 1. The van der Waals surface area contributed by atoms with Crippen molar-refractivity contribution >= 4 is 15.9 Å². The lowest BCUT2D eigenvalue weighted by Crippen LogP contribution is -2.41. The van der Waals surface area contributed by atoms with Crippen LogP contribution >= 0.6 is 0 Å². The fourth-order valence-corrected chi connectivity index (χ4v) is 2.62. The van der Waals surface area contributed by atoms with Crippen LogP contribution < -0.4 is 10.5 Å². The van der Waals surface area contributed by atoms with Gasteiger partial charge in [0.1, 0.15) is 4.90 Å². The Balaban J connectivity index is 2.90. The third kappa shape index (κ3) is 4.02. The van der Waals surface area contributed by atoms with Crippen LogP contribution in [0.2, 0.25) is 0 Å². The van der Waals surface area contributed by atoms with E-state index in [0.29, 0.717) is 6.61 Å². The molecule has 0 radical (unpaired) electrons. The highest BCUT2D eigenvalue weighted by Crippen LogP contribution is 2.16. The van der Waals surface area contributed by atoms with Crippen LogP contribution in [0.15, 0.2) is 4.90 Å². The number of carbonyl (C=O) groups is 1. The Morgan fingerprint density at radius 1 is 1.50 bits per heavy atom. The molecule has 9 heteroatoms. The first-order valence-electron chi connectivity index (χ1n) is 6.08. The highest BCUT2D eigenvalue weighted by atomic mass is 32.2. The van der Waals surface area contributed by atoms with Crippen LogP contribution in [-0.2, 0) is 14.8 Å². The molecule has 4 N–H and O–H groups in total. The van der Waals surface area contributed by atoms with Gasteiger partial charge in [-0.1, -0.05) is 0 Å². The molecule has 20 heavy (non-hydrogen) atoms. The summed E-state index contributed by atoms with van der Waals surface area (Å²) in [5.41, 5.74) is -0.573. The summed E-state index contributed by atoms with van der Waals surface area (Å²) in [5, 5.41) is 13.8. The van der Waals surface area contributed by atoms with Crippen molar-refractivity contribution in [3.63, 3.8) is 0 Å². The van der Waals surface area contributed by atoms with Crippen molar-refractivity contribution in [1.82, 2.24) is 15.5 Å². The summed E-state index contributed by atoms with van der Waals surface area (Å²) in [7, 11) is -4.02. The number of hydrogen-bond acceptors (Lipinski definition) is 5. The van der Waals surface area contributed by atoms with E-state index in [1.807, 2.05) is 20.8 Å². The van der Waals surface area contributed by atoms with Gasteiger partial charge in [-0.25, -0.2) is 13.6 Å². The van der Waals surface area contributed by atoms with Gasteiger partial charge in [0.15, 0.2) is 5.69 Å². The fourth-order valence-electron chi connectivity index (χ4n) is 1.74. The summed E-state index contributed by atoms with van der Waals surface area (Å²) in [6.45, 7) is 7.68. The third-order valence-electron chi connectivity index (χ3n) is 2.60. The molecule has 0 saturated heterocycles. The number of aromatic nitrogens is 2. The van der Waals surface area contributed by atoms with Gasteiger partial charge < -0.3 is 10.1 Å². The van der Waals surface area contributed by atoms with Gasteiger partial charge in [0.25, 0.3) is 5.91 Å². The number of primary sulfonamides is 1. The van der Waals surface area contributed by atoms with E-state index >= 15 is 0 Å². The molecule has 0 fully saturated rings. The molecule has 0 spiro atoms. The second-order valence-corrected chi connectivity index (χ2v) is 6.44. The molecule has 0 atom stereocenters. The zero-order valence-corrected chi connectivity index (χ0v) is 12.8. The average molecular weight is 304 g/mol. The quantitative estimate of drug-likeness (QED) is 0.677. The number of amides is 1.